The van der Waals surface area contributed by atoms with Crippen LogP contribution in [-0.2, 0) is 10.0 Å². The Labute approximate surface area is 130 Å². The molecule has 0 aliphatic rings. The van der Waals surface area contributed by atoms with E-state index >= 15 is 0 Å². The highest BCUT2D eigenvalue weighted by Crippen LogP contribution is 2.26. The Morgan fingerprint density at radius 1 is 1.14 bits per heavy atom. The predicted molar refractivity (Wildman–Crippen MR) is 87.7 cm³/mol. The molecule has 1 aromatic heterocycles. The van der Waals surface area contributed by atoms with E-state index in [1.807, 2.05) is 6.07 Å². The van der Waals surface area contributed by atoms with Crippen LogP contribution in [0.2, 0.25) is 0 Å². The summed E-state index contributed by atoms with van der Waals surface area (Å²) in [6, 6.07) is 12.0. The fourth-order valence-electron chi connectivity index (χ4n) is 2.10. The van der Waals surface area contributed by atoms with Crippen molar-refractivity contribution >= 4 is 48.2 Å². The molecule has 0 amide bonds. The molecule has 21 heavy (non-hydrogen) atoms. The zero-order chi connectivity index (χ0) is 15.0. The Bertz CT molecular complexity index is 919. The van der Waals surface area contributed by atoms with Gasteiger partial charge in [-0.2, -0.15) is 0 Å². The van der Waals surface area contributed by atoms with E-state index in [2.05, 4.69) is 25.6 Å². The lowest BCUT2D eigenvalue weighted by molar-refractivity contribution is 0.602. The smallest absolute Gasteiger partial charge is 0.264 e. The van der Waals surface area contributed by atoms with Gasteiger partial charge in [0, 0.05) is 32.9 Å². The molecule has 0 fully saturated rings. The van der Waals surface area contributed by atoms with Gasteiger partial charge < -0.3 is 10.7 Å². The third-order valence-corrected chi connectivity index (χ3v) is 4.95. The molecule has 0 aliphatic carbocycles. The number of benzene rings is 2. The second kappa shape index (κ2) is 5.09. The number of fused-ring (bicyclic) bond motifs is 1. The molecule has 0 unspecified atom stereocenters. The van der Waals surface area contributed by atoms with Crippen LogP contribution >= 0.6 is 15.9 Å². The summed E-state index contributed by atoms with van der Waals surface area (Å²) in [6.45, 7) is 0. The molecule has 0 atom stereocenters. The van der Waals surface area contributed by atoms with Gasteiger partial charge >= 0.3 is 0 Å². The van der Waals surface area contributed by atoms with E-state index in [0.29, 0.717) is 22.3 Å². The molecule has 2 aromatic carbocycles. The minimum Gasteiger partial charge on any atom is -0.399 e. The summed E-state index contributed by atoms with van der Waals surface area (Å²) in [5, 5.41) is 0.603. The van der Waals surface area contributed by atoms with Gasteiger partial charge in [-0.3, -0.25) is 4.72 Å². The van der Waals surface area contributed by atoms with Crippen LogP contribution in [0.25, 0.3) is 10.9 Å². The second-order valence-corrected chi connectivity index (χ2v) is 7.14. The fraction of sp³-hybridized carbons (Fsp3) is 0. The van der Waals surface area contributed by atoms with Crippen LogP contribution in [0.1, 0.15) is 0 Å². The first-order valence-corrected chi connectivity index (χ1v) is 8.38. The summed E-state index contributed by atoms with van der Waals surface area (Å²) in [4.78, 5) is 3.12. The average Bonchev–Trinajstić information content (AvgIpc) is 2.81. The lowest BCUT2D eigenvalue weighted by Crippen LogP contribution is -2.12. The number of aromatic nitrogens is 1. The van der Waals surface area contributed by atoms with E-state index in [-0.39, 0.29) is 4.90 Å². The van der Waals surface area contributed by atoms with E-state index < -0.39 is 10.0 Å². The summed E-state index contributed by atoms with van der Waals surface area (Å²) in [5.74, 6) is 0. The Balaban J connectivity index is 2.04. The summed E-state index contributed by atoms with van der Waals surface area (Å²) in [7, 11) is -3.67. The second-order valence-electron chi connectivity index (χ2n) is 4.57. The predicted octanol–water partition coefficient (Wildman–Crippen LogP) is 3.31. The van der Waals surface area contributed by atoms with Gasteiger partial charge in [0.25, 0.3) is 10.0 Å². The Morgan fingerprint density at radius 3 is 2.71 bits per heavy atom. The van der Waals surface area contributed by atoms with Crippen molar-refractivity contribution in [2.45, 2.75) is 4.90 Å². The van der Waals surface area contributed by atoms with Gasteiger partial charge in [0.2, 0.25) is 0 Å². The number of hydrogen-bond donors (Lipinski definition) is 3. The highest BCUT2D eigenvalue weighted by Gasteiger charge is 2.19. The Morgan fingerprint density at radius 2 is 1.95 bits per heavy atom. The number of sulfonamides is 1. The Kier molecular flexibility index (Phi) is 3.38. The normalized spacial score (nSPS) is 11.7. The standard InChI is InChI=1S/C14H12BrN3O2S/c15-9-2-1-3-11(6-9)18-21(19,20)14-8-17-13-7-10(16)4-5-12(13)14/h1-8,17-18H,16H2. The number of rotatable bonds is 3. The fourth-order valence-corrected chi connectivity index (χ4v) is 3.73. The van der Waals surface area contributed by atoms with Crippen molar-refractivity contribution in [3.8, 4) is 0 Å². The Hall–Kier alpha value is -1.99. The minimum absolute atomic E-state index is 0.192. The summed E-state index contributed by atoms with van der Waals surface area (Å²) in [6.07, 6.45) is 1.46. The van der Waals surface area contributed by atoms with Crippen LogP contribution in [0, 0.1) is 0 Å². The number of hydrogen-bond acceptors (Lipinski definition) is 3. The van der Waals surface area contributed by atoms with E-state index in [0.717, 1.165) is 4.47 Å². The molecule has 0 saturated heterocycles. The molecule has 108 valence electrons. The zero-order valence-electron chi connectivity index (χ0n) is 10.8. The molecule has 0 aliphatic heterocycles. The number of halogens is 1. The molecule has 3 aromatic rings. The highest BCUT2D eigenvalue weighted by atomic mass is 79.9. The van der Waals surface area contributed by atoms with E-state index in [9.17, 15) is 8.42 Å². The number of anilines is 2. The number of H-pyrrole nitrogens is 1. The molecule has 0 bridgehead atoms. The van der Waals surface area contributed by atoms with Crippen molar-refractivity contribution in [1.82, 2.24) is 4.98 Å². The van der Waals surface area contributed by atoms with Crippen LogP contribution in [0.5, 0.6) is 0 Å². The molecule has 0 saturated carbocycles. The van der Waals surface area contributed by atoms with Crippen LogP contribution in [0.3, 0.4) is 0 Å². The number of nitrogen functional groups attached to an aromatic ring is 1. The lowest BCUT2D eigenvalue weighted by Gasteiger charge is -2.07. The number of nitrogens with two attached hydrogens (primary N) is 1. The number of aromatic amines is 1. The molecule has 5 nitrogen and oxygen atoms in total. The van der Waals surface area contributed by atoms with E-state index in [1.54, 1.807) is 36.4 Å². The molecule has 3 rings (SSSR count). The van der Waals surface area contributed by atoms with Crippen molar-refractivity contribution in [1.29, 1.82) is 0 Å². The number of nitrogens with one attached hydrogen (secondary N) is 2. The molecule has 0 radical (unpaired) electrons. The summed E-state index contributed by atoms with van der Waals surface area (Å²) < 4.78 is 28.4. The van der Waals surface area contributed by atoms with E-state index in [1.165, 1.54) is 6.20 Å². The molecule has 0 spiro atoms. The molecule has 7 heteroatoms. The minimum atomic E-state index is -3.67. The molecule has 4 N–H and O–H groups in total. The third-order valence-electron chi connectivity index (χ3n) is 3.03. The van der Waals surface area contributed by atoms with Crippen LogP contribution in [-0.4, -0.2) is 13.4 Å². The van der Waals surface area contributed by atoms with Crippen molar-refractivity contribution < 1.29 is 8.42 Å². The van der Waals surface area contributed by atoms with Crippen LogP contribution in [0.4, 0.5) is 11.4 Å². The monoisotopic (exact) mass is 365 g/mol. The van der Waals surface area contributed by atoms with Gasteiger partial charge in [0.1, 0.15) is 4.90 Å². The SMILES string of the molecule is Nc1ccc2c(S(=O)(=O)Nc3cccc(Br)c3)c[nH]c2c1. The lowest BCUT2D eigenvalue weighted by atomic mass is 10.2. The van der Waals surface area contributed by atoms with Gasteiger partial charge in [0.15, 0.2) is 0 Å². The van der Waals surface area contributed by atoms with Gasteiger partial charge in [0.05, 0.1) is 0 Å². The van der Waals surface area contributed by atoms with Crippen molar-refractivity contribution in [3.05, 3.63) is 53.1 Å². The summed E-state index contributed by atoms with van der Waals surface area (Å²) in [5.41, 5.74) is 7.45. The topological polar surface area (TPSA) is 88.0 Å². The first kappa shape index (κ1) is 14.0. The summed E-state index contributed by atoms with van der Waals surface area (Å²) >= 11 is 3.31. The largest absolute Gasteiger partial charge is 0.399 e. The van der Waals surface area contributed by atoms with Gasteiger partial charge in [-0.1, -0.05) is 22.0 Å². The first-order valence-electron chi connectivity index (χ1n) is 6.11. The average molecular weight is 366 g/mol. The molecule has 1 heterocycles. The quantitative estimate of drug-likeness (QED) is 0.622. The van der Waals surface area contributed by atoms with Crippen LogP contribution < -0.4 is 10.5 Å². The zero-order valence-corrected chi connectivity index (χ0v) is 13.2. The van der Waals surface area contributed by atoms with Crippen molar-refractivity contribution in [2.24, 2.45) is 0 Å². The molecular weight excluding hydrogens is 354 g/mol. The van der Waals surface area contributed by atoms with Gasteiger partial charge in [-0.25, -0.2) is 8.42 Å². The van der Waals surface area contributed by atoms with Gasteiger partial charge in [-0.05, 0) is 36.4 Å². The van der Waals surface area contributed by atoms with Gasteiger partial charge in [-0.15, -0.1) is 0 Å². The van der Waals surface area contributed by atoms with E-state index in [4.69, 9.17) is 5.73 Å². The van der Waals surface area contributed by atoms with Crippen molar-refractivity contribution in [3.63, 3.8) is 0 Å². The first-order chi connectivity index (χ1) is 9.95. The van der Waals surface area contributed by atoms with Crippen LogP contribution in [0.15, 0.2) is 58.0 Å². The maximum Gasteiger partial charge on any atom is 0.264 e. The highest BCUT2D eigenvalue weighted by molar-refractivity contribution is 9.10. The molecular formula is C14H12BrN3O2S. The maximum absolute atomic E-state index is 12.5. The third kappa shape index (κ3) is 2.74. The van der Waals surface area contributed by atoms with Crippen molar-refractivity contribution in [2.75, 3.05) is 10.5 Å². The maximum atomic E-state index is 12.5.